The van der Waals surface area contributed by atoms with Gasteiger partial charge in [0.15, 0.2) is 5.12 Å². The molecule has 0 saturated heterocycles. The molecule has 0 aliphatic carbocycles. The molecule has 0 spiro atoms. The number of amides is 1. The minimum Gasteiger partial charge on any atom is -0.385 e. The Bertz CT molecular complexity index is 451. The Hall–Kier alpha value is -1.33. The van der Waals surface area contributed by atoms with Gasteiger partial charge in [-0.1, -0.05) is 11.8 Å². The van der Waals surface area contributed by atoms with Gasteiger partial charge in [-0.15, -0.1) is 0 Å². The first-order chi connectivity index (χ1) is 9.52. The first kappa shape index (κ1) is 11.7. The molecule has 1 atom stereocenters. The molecule has 1 rings (SSSR count). The Balaban J connectivity index is 2.36. The second kappa shape index (κ2) is 7.89. The summed E-state index contributed by atoms with van der Waals surface area (Å²) in [5, 5.41) is 2.52. The van der Waals surface area contributed by atoms with Gasteiger partial charge in [-0.05, 0) is 30.7 Å². The number of methoxy groups -OCH3 is 1. The third-order valence-corrected chi connectivity index (χ3v) is 3.16. The maximum Gasteiger partial charge on any atom is 0.251 e. The summed E-state index contributed by atoms with van der Waals surface area (Å²) in [7, 11) is 0.268. The van der Waals surface area contributed by atoms with E-state index in [-0.39, 0.29) is 17.6 Å². The predicted molar refractivity (Wildman–Crippen MR) is 71.8 cm³/mol. The van der Waals surface area contributed by atoms with Crippen molar-refractivity contribution < 1.29 is 17.1 Å². The Morgan fingerprint density at radius 2 is 2.22 bits per heavy atom. The van der Waals surface area contributed by atoms with Crippen LogP contribution in [0.4, 0.5) is 0 Å². The van der Waals surface area contributed by atoms with E-state index in [4.69, 9.17) is 7.48 Å². The molecular formula is C13H17NO3S. The predicted octanol–water partition coefficient (Wildman–Crippen LogP) is 2.09. The van der Waals surface area contributed by atoms with Gasteiger partial charge in [0.2, 0.25) is 0 Å². The van der Waals surface area contributed by atoms with E-state index >= 15 is 0 Å². The summed E-state index contributed by atoms with van der Waals surface area (Å²) in [6, 6.07) is 6.80. The van der Waals surface area contributed by atoms with Gasteiger partial charge in [0.05, 0.1) is 2.74 Å². The second-order valence-electron chi connectivity index (χ2n) is 3.55. The van der Waals surface area contributed by atoms with Crippen LogP contribution in [0, 0.1) is 0 Å². The van der Waals surface area contributed by atoms with Gasteiger partial charge < -0.3 is 10.1 Å². The molecule has 5 heteroatoms. The number of thioether (sulfide) groups is 1. The van der Waals surface area contributed by atoms with Crippen LogP contribution in [0.15, 0.2) is 29.2 Å². The van der Waals surface area contributed by atoms with Gasteiger partial charge in [0.25, 0.3) is 5.91 Å². The third kappa shape index (κ3) is 4.89. The van der Waals surface area contributed by atoms with Crippen LogP contribution in [-0.4, -0.2) is 31.7 Å². The molecule has 1 unspecified atom stereocenters. The summed E-state index contributed by atoms with van der Waals surface area (Å²) in [4.78, 5) is 23.8. The van der Waals surface area contributed by atoms with Crippen molar-refractivity contribution in [1.82, 2.24) is 5.32 Å². The highest BCUT2D eigenvalue weighted by Crippen LogP contribution is 2.21. The van der Waals surface area contributed by atoms with E-state index in [0.717, 1.165) is 16.7 Å². The average molecular weight is 270 g/mol. The zero-order valence-electron chi connectivity index (χ0n) is 12.1. The van der Waals surface area contributed by atoms with Crippen LogP contribution >= 0.6 is 11.8 Å². The molecule has 0 aliphatic rings. The molecule has 0 heterocycles. The fraction of sp³-hybridized carbons (Fsp3) is 0.385. The molecule has 1 amide bonds. The van der Waals surface area contributed by atoms with Crippen LogP contribution in [0.5, 0.6) is 0 Å². The quantitative estimate of drug-likeness (QED) is 0.635. The topological polar surface area (TPSA) is 55.4 Å². The summed E-state index contributed by atoms with van der Waals surface area (Å²) in [5.41, 5.74) is 0.551. The normalized spacial score (nSPS) is 13.4. The maximum atomic E-state index is 11.7. The minimum absolute atomic E-state index is 0.00666. The zero-order valence-corrected chi connectivity index (χ0v) is 11.0. The van der Waals surface area contributed by atoms with Crippen molar-refractivity contribution in [2.75, 3.05) is 20.7 Å². The van der Waals surface area contributed by atoms with E-state index in [9.17, 15) is 9.59 Å². The van der Waals surface area contributed by atoms with Gasteiger partial charge in [0.1, 0.15) is 0 Å². The molecule has 0 saturated carbocycles. The Morgan fingerprint density at radius 1 is 1.50 bits per heavy atom. The number of ether oxygens (including phenoxy) is 1. The lowest BCUT2D eigenvalue weighted by Gasteiger charge is -2.03. The molecule has 0 radical (unpaired) electrons. The molecular weight excluding hydrogens is 250 g/mol. The van der Waals surface area contributed by atoms with E-state index in [1.54, 1.807) is 31.3 Å². The molecule has 98 valence electrons. The summed E-state index contributed by atoms with van der Waals surface area (Å²) in [6.07, 6.45) is 0.824. The van der Waals surface area contributed by atoms with E-state index in [1.807, 2.05) is 0 Å². The van der Waals surface area contributed by atoms with Crippen LogP contribution in [0.1, 0.15) is 25.9 Å². The molecule has 0 fully saturated rings. The fourth-order valence-electron chi connectivity index (χ4n) is 1.30. The third-order valence-electron chi connectivity index (χ3n) is 2.22. The van der Waals surface area contributed by atoms with Gasteiger partial charge in [-0.25, -0.2) is 0 Å². The molecule has 1 N–H and O–H groups in total. The van der Waals surface area contributed by atoms with Crippen molar-refractivity contribution in [3.63, 3.8) is 0 Å². The lowest BCUT2D eigenvalue weighted by Crippen LogP contribution is -2.17. The lowest BCUT2D eigenvalue weighted by molar-refractivity contribution is -0.111. The number of nitrogens with one attached hydrogen (secondary N) is 1. The van der Waals surface area contributed by atoms with Crippen molar-refractivity contribution in [3.8, 4) is 0 Å². The Morgan fingerprint density at radius 3 is 2.83 bits per heavy atom. The van der Waals surface area contributed by atoms with E-state index in [0.29, 0.717) is 18.4 Å². The van der Waals surface area contributed by atoms with Gasteiger partial charge in [-0.2, -0.15) is 0 Å². The highest BCUT2D eigenvalue weighted by atomic mass is 32.2. The van der Waals surface area contributed by atoms with Crippen molar-refractivity contribution in [3.05, 3.63) is 29.8 Å². The fourth-order valence-corrected chi connectivity index (χ4v) is 2.08. The number of rotatable bonds is 6. The number of hydrogen-bond donors (Lipinski definition) is 1. The van der Waals surface area contributed by atoms with Gasteiger partial charge >= 0.3 is 0 Å². The largest absolute Gasteiger partial charge is 0.385 e. The molecule has 0 aliphatic heterocycles. The number of carbonyl (C=O) groups excluding carboxylic acids is 2. The standard InChI is InChI=1S/C13H17NO3S/c1-14-13(16)10-5-7-11(8-6-10)18-12(15)4-3-9-17-2/h5-8H,3-4,9H2,1-2H3,(H,14,16)/i2TD. The van der Waals surface area contributed by atoms with Crippen LogP contribution in [0.3, 0.4) is 0 Å². The van der Waals surface area contributed by atoms with Crippen molar-refractivity contribution >= 4 is 22.8 Å². The Kier molecular flexibility index (Phi) is 5.15. The SMILES string of the molecule is [2H]C([3H])OCCCC(=O)Sc1ccc(C(=O)NC)cc1. The first-order valence-electron chi connectivity index (χ1n) is 6.67. The van der Waals surface area contributed by atoms with E-state index in [1.165, 1.54) is 0 Å². The summed E-state index contributed by atoms with van der Waals surface area (Å²) >= 11 is 1.11. The number of hydrogen-bond acceptors (Lipinski definition) is 4. The second-order valence-corrected chi connectivity index (χ2v) is 4.68. The minimum atomic E-state index is -1.30. The zero-order chi connectivity index (χ0) is 15.0. The van der Waals surface area contributed by atoms with Crippen molar-refractivity contribution in [1.29, 1.82) is 0 Å². The summed E-state index contributed by atoms with van der Waals surface area (Å²) in [6.45, 7) is 0.236. The van der Waals surface area contributed by atoms with Crippen LogP contribution < -0.4 is 5.32 Å². The van der Waals surface area contributed by atoms with Crippen LogP contribution in [-0.2, 0) is 9.53 Å². The lowest BCUT2D eigenvalue weighted by atomic mass is 10.2. The average Bonchev–Trinajstić information content (AvgIpc) is 2.43. The van der Waals surface area contributed by atoms with Gasteiger partial charge in [-0.3, -0.25) is 9.59 Å². The summed E-state index contributed by atoms with van der Waals surface area (Å²) < 4.78 is 18.4. The highest BCUT2D eigenvalue weighted by Gasteiger charge is 2.06. The molecule has 1 aromatic carbocycles. The summed E-state index contributed by atoms with van der Waals surface area (Å²) in [5.74, 6) is -0.162. The Labute approximate surface area is 114 Å². The molecule has 1 aromatic rings. The van der Waals surface area contributed by atoms with Crippen LogP contribution in [0.25, 0.3) is 0 Å². The van der Waals surface area contributed by atoms with Crippen molar-refractivity contribution in [2.45, 2.75) is 17.7 Å². The first-order valence-corrected chi connectivity index (χ1v) is 6.33. The van der Waals surface area contributed by atoms with E-state index < -0.39 is 7.06 Å². The van der Waals surface area contributed by atoms with E-state index in [2.05, 4.69) is 5.32 Å². The van der Waals surface area contributed by atoms with Gasteiger partial charge in [0, 0.05) is 37.6 Å². The number of carbonyl (C=O) groups is 2. The molecule has 4 nitrogen and oxygen atoms in total. The molecule has 18 heavy (non-hydrogen) atoms. The smallest absolute Gasteiger partial charge is 0.251 e. The maximum absolute atomic E-state index is 11.7. The molecule has 0 bridgehead atoms. The highest BCUT2D eigenvalue weighted by molar-refractivity contribution is 8.13. The molecule has 0 aromatic heterocycles. The van der Waals surface area contributed by atoms with Crippen molar-refractivity contribution in [2.24, 2.45) is 0 Å². The van der Waals surface area contributed by atoms with Crippen LogP contribution in [0.2, 0.25) is 0 Å². The number of benzene rings is 1. The monoisotopic (exact) mass is 270 g/mol.